The number of anilines is 1. The number of halogens is 4. The van der Waals surface area contributed by atoms with Gasteiger partial charge in [0.1, 0.15) is 0 Å². The Kier molecular flexibility index (Phi) is 8.77. The largest absolute Gasteiger partial charge is 0.469 e. The van der Waals surface area contributed by atoms with Gasteiger partial charge >= 0.3 is 12.1 Å². The van der Waals surface area contributed by atoms with Crippen LogP contribution in [0, 0.1) is 0 Å². The fraction of sp³-hybridized carbons (Fsp3) is 0.320. The van der Waals surface area contributed by atoms with Crippen molar-refractivity contribution in [3.05, 3.63) is 58.2 Å². The maximum absolute atomic E-state index is 13.3. The second-order valence-corrected chi connectivity index (χ2v) is 9.28. The Balaban J connectivity index is 1.47. The third-order valence-electron chi connectivity index (χ3n) is 5.96. The van der Waals surface area contributed by atoms with E-state index in [4.69, 9.17) is 11.6 Å². The van der Waals surface area contributed by atoms with Crippen LogP contribution in [-0.4, -0.2) is 60.7 Å². The molecule has 0 spiro atoms. The Bertz CT molecular complexity index is 1460. The Labute approximate surface area is 230 Å². The van der Waals surface area contributed by atoms with E-state index in [2.05, 4.69) is 41.2 Å². The first-order valence-electron chi connectivity index (χ1n) is 12.1. The maximum Gasteiger partial charge on any atom is 0.416 e. The number of methoxy groups -OCH3 is 1. The smallest absolute Gasteiger partial charge is 0.416 e. The first-order valence-corrected chi connectivity index (χ1v) is 12.5. The second kappa shape index (κ2) is 12.2. The Morgan fingerprint density at radius 1 is 1.18 bits per heavy atom. The fourth-order valence-electron chi connectivity index (χ4n) is 4.02. The lowest BCUT2D eigenvalue weighted by atomic mass is 10.0. The van der Waals surface area contributed by atoms with Crippen LogP contribution >= 0.6 is 11.6 Å². The van der Waals surface area contributed by atoms with Gasteiger partial charge in [0.2, 0.25) is 5.91 Å². The standard InChI is InChI=1S/C25H25ClF3N7O4/c1-40-22(38)10-18(13-5-15(25(27,28)29)9-16(26)6-13)34-21(37)12-32-23(39)14-7-19(17-11-33-36-20(17)8-14)35-24-30-3-2-4-31-24/h5-9,11,18H,2-4,10,12H2,1H3,(H,32,39)(H,33,36)(H,34,37)(H2,30,31,35)/t18-/m0/s1. The molecule has 2 amide bonds. The van der Waals surface area contributed by atoms with Crippen molar-refractivity contribution in [2.24, 2.45) is 4.99 Å². The van der Waals surface area contributed by atoms with Crippen molar-refractivity contribution in [2.45, 2.75) is 25.1 Å². The van der Waals surface area contributed by atoms with Crippen LogP contribution in [0.3, 0.4) is 0 Å². The van der Waals surface area contributed by atoms with Crippen LogP contribution in [0.25, 0.3) is 10.9 Å². The first-order chi connectivity index (χ1) is 19.0. The minimum Gasteiger partial charge on any atom is -0.469 e. The van der Waals surface area contributed by atoms with Gasteiger partial charge in [-0.1, -0.05) is 11.6 Å². The number of esters is 1. The molecule has 11 nitrogen and oxygen atoms in total. The minimum absolute atomic E-state index is 0.0513. The van der Waals surface area contributed by atoms with Gasteiger partial charge in [-0.3, -0.25) is 24.5 Å². The molecule has 15 heteroatoms. The molecular formula is C25H25ClF3N7O4. The van der Waals surface area contributed by atoms with Crippen molar-refractivity contribution in [1.29, 1.82) is 0 Å². The number of carbonyl (C=O) groups is 3. The van der Waals surface area contributed by atoms with E-state index in [0.29, 0.717) is 23.7 Å². The number of amides is 2. The van der Waals surface area contributed by atoms with Gasteiger partial charge in [-0.05, 0) is 42.3 Å². The lowest BCUT2D eigenvalue weighted by molar-refractivity contribution is -0.141. The highest BCUT2D eigenvalue weighted by Crippen LogP contribution is 2.34. The van der Waals surface area contributed by atoms with E-state index in [1.807, 2.05) is 0 Å². The summed E-state index contributed by atoms with van der Waals surface area (Å²) in [4.78, 5) is 41.9. The predicted octanol–water partition coefficient (Wildman–Crippen LogP) is 3.15. The quantitative estimate of drug-likeness (QED) is 0.257. The third-order valence-corrected chi connectivity index (χ3v) is 6.18. The monoisotopic (exact) mass is 579 g/mol. The summed E-state index contributed by atoms with van der Waals surface area (Å²) in [7, 11) is 1.11. The van der Waals surface area contributed by atoms with Crippen molar-refractivity contribution < 1.29 is 32.3 Å². The van der Waals surface area contributed by atoms with Crippen molar-refractivity contribution in [1.82, 2.24) is 26.1 Å². The number of hydrogen-bond acceptors (Lipinski definition) is 8. The zero-order chi connectivity index (χ0) is 28.9. The van der Waals surface area contributed by atoms with E-state index in [0.717, 1.165) is 37.6 Å². The molecule has 0 saturated carbocycles. The average Bonchev–Trinajstić information content (AvgIpc) is 3.40. The van der Waals surface area contributed by atoms with Gasteiger partial charge < -0.3 is 26.0 Å². The molecule has 2 aromatic carbocycles. The zero-order valence-corrected chi connectivity index (χ0v) is 21.9. The van der Waals surface area contributed by atoms with Crippen LogP contribution in [-0.2, 0) is 20.5 Å². The number of aromatic amines is 1. The number of H-pyrrole nitrogens is 1. The molecule has 0 saturated heterocycles. The zero-order valence-electron chi connectivity index (χ0n) is 21.1. The molecule has 5 N–H and O–H groups in total. The molecule has 1 aliphatic heterocycles. The highest BCUT2D eigenvalue weighted by Gasteiger charge is 2.32. The van der Waals surface area contributed by atoms with Crippen LogP contribution in [0.15, 0.2) is 41.5 Å². The molecule has 0 radical (unpaired) electrons. The van der Waals surface area contributed by atoms with Crippen LogP contribution in [0.4, 0.5) is 18.9 Å². The molecule has 3 aromatic rings. The normalized spacial score (nSPS) is 14.1. The Morgan fingerprint density at radius 3 is 2.67 bits per heavy atom. The summed E-state index contributed by atoms with van der Waals surface area (Å²) in [6, 6.07) is 4.67. The Morgan fingerprint density at radius 2 is 1.98 bits per heavy atom. The Hall–Kier alpha value is -4.33. The number of rotatable bonds is 8. The van der Waals surface area contributed by atoms with E-state index in [1.54, 1.807) is 18.3 Å². The van der Waals surface area contributed by atoms with Crippen molar-refractivity contribution in [2.75, 3.05) is 32.1 Å². The van der Waals surface area contributed by atoms with Crippen molar-refractivity contribution in [3.63, 3.8) is 0 Å². The summed E-state index contributed by atoms with van der Waals surface area (Å²) in [6.45, 7) is 0.878. The molecule has 0 fully saturated rings. The lowest BCUT2D eigenvalue weighted by Crippen LogP contribution is -2.39. The number of nitrogens with zero attached hydrogens (tertiary/aromatic N) is 2. The SMILES string of the molecule is COC(=O)C[C@H](NC(=O)CNC(=O)c1cc(NC2=NCCCN2)c2cn[nH]c2c1)c1cc(Cl)cc(C(F)(F)F)c1. The maximum atomic E-state index is 13.3. The number of benzene rings is 2. The highest BCUT2D eigenvalue weighted by molar-refractivity contribution is 6.30. The third kappa shape index (κ3) is 7.20. The summed E-state index contributed by atoms with van der Waals surface area (Å²) >= 11 is 5.88. The number of aliphatic imine (C=N–C) groups is 1. The van der Waals surface area contributed by atoms with E-state index >= 15 is 0 Å². The number of alkyl halides is 3. The van der Waals surface area contributed by atoms with Gasteiger partial charge in [-0.15, -0.1) is 0 Å². The lowest BCUT2D eigenvalue weighted by Gasteiger charge is -2.20. The molecule has 1 aliphatic rings. The van der Waals surface area contributed by atoms with E-state index in [-0.39, 0.29) is 16.1 Å². The topological polar surface area (TPSA) is 150 Å². The molecule has 0 aliphatic carbocycles. The number of guanidine groups is 1. The van der Waals surface area contributed by atoms with Gasteiger partial charge in [0.25, 0.3) is 5.91 Å². The van der Waals surface area contributed by atoms with Gasteiger partial charge in [-0.2, -0.15) is 18.3 Å². The number of aromatic nitrogens is 2. The summed E-state index contributed by atoms with van der Waals surface area (Å²) in [5.74, 6) is -1.57. The average molecular weight is 580 g/mol. The van der Waals surface area contributed by atoms with Crippen LogP contribution in [0.5, 0.6) is 0 Å². The molecular weight excluding hydrogens is 555 g/mol. The van der Waals surface area contributed by atoms with E-state index in [9.17, 15) is 27.6 Å². The van der Waals surface area contributed by atoms with E-state index < -0.39 is 48.5 Å². The summed E-state index contributed by atoms with van der Waals surface area (Å²) in [5.41, 5.74) is 0.244. The molecule has 40 heavy (non-hydrogen) atoms. The number of fused-ring (bicyclic) bond motifs is 1. The molecule has 4 rings (SSSR count). The van der Waals surface area contributed by atoms with Crippen molar-refractivity contribution in [3.8, 4) is 0 Å². The molecule has 0 bridgehead atoms. The van der Waals surface area contributed by atoms with Crippen LogP contribution < -0.4 is 21.3 Å². The van der Waals surface area contributed by atoms with Gasteiger partial charge in [-0.25, -0.2) is 0 Å². The summed E-state index contributed by atoms with van der Waals surface area (Å²) < 4.78 is 44.5. The number of hydrogen-bond donors (Lipinski definition) is 5. The molecule has 1 atom stereocenters. The molecule has 0 unspecified atom stereocenters. The van der Waals surface area contributed by atoms with Crippen molar-refractivity contribution >= 4 is 51.9 Å². The number of ether oxygens (including phenoxy) is 1. The summed E-state index contributed by atoms with van der Waals surface area (Å²) in [6.07, 6.45) is -2.66. The van der Waals surface area contributed by atoms with Gasteiger partial charge in [0.15, 0.2) is 5.96 Å². The van der Waals surface area contributed by atoms with Crippen LogP contribution in [0.1, 0.15) is 40.4 Å². The first kappa shape index (κ1) is 28.7. The fourth-order valence-corrected chi connectivity index (χ4v) is 4.26. The number of nitrogens with one attached hydrogen (secondary N) is 5. The molecule has 212 valence electrons. The van der Waals surface area contributed by atoms with Gasteiger partial charge in [0, 0.05) is 29.1 Å². The van der Waals surface area contributed by atoms with Gasteiger partial charge in [0.05, 0.1) is 49.1 Å². The molecule has 2 heterocycles. The second-order valence-electron chi connectivity index (χ2n) is 8.84. The summed E-state index contributed by atoms with van der Waals surface area (Å²) in [5, 5.41) is 18.5. The highest BCUT2D eigenvalue weighted by atomic mass is 35.5. The van der Waals surface area contributed by atoms with E-state index in [1.165, 1.54) is 6.07 Å². The predicted molar refractivity (Wildman–Crippen MR) is 141 cm³/mol. The number of carbonyl (C=O) groups excluding carboxylic acids is 3. The minimum atomic E-state index is -4.70. The molecule has 1 aromatic heterocycles. The van der Waals surface area contributed by atoms with Crippen LogP contribution in [0.2, 0.25) is 5.02 Å².